The van der Waals surface area contributed by atoms with Crippen LogP contribution >= 0.6 is 0 Å². The summed E-state index contributed by atoms with van der Waals surface area (Å²) < 4.78 is 53.6. The van der Waals surface area contributed by atoms with E-state index >= 15 is 0 Å². The lowest BCUT2D eigenvalue weighted by Crippen LogP contribution is -2.43. The SMILES string of the molecule is CCn1nc(C(=O)NNC(=O)CCNS(=O)(=O)c2ccc(F)c(F)c2)c2ccccc2c1=O. The van der Waals surface area contributed by atoms with Gasteiger partial charge in [0, 0.05) is 24.9 Å². The van der Waals surface area contributed by atoms with Crippen LogP contribution in [0, 0.1) is 11.6 Å². The minimum Gasteiger partial charge on any atom is -0.273 e. The molecule has 3 aromatic rings. The Kier molecular flexibility index (Phi) is 7.13. The molecule has 10 nitrogen and oxygen atoms in total. The molecule has 3 N–H and O–H groups in total. The van der Waals surface area contributed by atoms with E-state index in [1.165, 1.54) is 0 Å². The van der Waals surface area contributed by atoms with Gasteiger partial charge in [0.15, 0.2) is 17.3 Å². The number of hydrazine groups is 1. The third-order valence-electron chi connectivity index (χ3n) is 4.54. The second-order valence-corrected chi connectivity index (χ2v) is 8.51. The summed E-state index contributed by atoms with van der Waals surface area (Å²) in [6.45, 7) is 1.55. The first kappa shape index (κ1) is 23.9. The smallest absolute Gasteiger partial charge is 0.273 e. The molecule has 2 aromatic carbocycles. The van der Waals surface area contributed by atoms with Crippen molar-refractivity contribution in [3.63, 3.8) is 0 Å². The van der Waals surface area contributed by atoms with Crippen molar-refractivity contribution >= 4 is 32.6 Å². The zero-order chi connectivity index (χ0) is 24.2. The number of hydrogen-bond donors (Lipinski definition) is 3. The van der Waals surface area contributed by atoms with Gasteiger partial charge in [-0.25, -0.2) is 26.6 Å². The summed E-state index contributed by atoms with van der Waals surface area (Å²) >= 11 is 0. The number of aryl methyl sites for hydroxylation is 1. The largest absolute Gasteiger partial charge is 0.290 e. The van der Waals surface area contributed by atoms with Crippen LogP contribution in [0.5, 0.6) is 0 Å². The second kappa shape index (κ2) is 9.83. The standard InChI is InChI=1S/C20H19F2N5O5S/c1-2-27-20(30)14-6-4-3-5-13(14)18(26-27)19(29)25-24-17(28)9-10-23-33(31,32)12-7-8-15(21)16(22)11-12/h3-8,11,23H,2,9-10H2,1H3,(H,24,28)(H,25,29). The molecule has 0 atom stereocenters. The van der Waals surface area contributed by atoms with Crippen LogP contribution in [0.2, 0.25) is 0 Å². The van der Waals surface area contributed by atoms with Crippen LogP contribution < -0.4 is 21.1 Å². The van der Waals surface area contributed by atoms with Crippen LogP contribution in [0.3, 0.4) is 0 Å². The Balaban J connectivity index is 1.60. The number of hydrogen-bond acceptors (Lipinski definition) is 6. The number of carbonyl (C=O) groups is 2. The number of nitrogens with zero attached hydrogens (tertiary/aromatic N) is 2. The van der Waals surface area contributed by atoms with Gasteiger partial charge in [-0.3, -0.25) is 25.2 Å². The van der Waals surface area contributed by atoms with Crippen LogP contribution in [0.25, 0.3) is 10.8 Å². The number of amides is 2. The number of nitrogens with one attached hydrogen (secondary N) is 3. The molecular weight excluding hydrogens is 460 g/mol. The molecule has 0 unspecified atom stereocenters. The first-order valence-electron chi connectivity index (χ1n) is 9.67. The molecule has 0 saturated carbocycles. The fourth-order valence-corrected chi connectivity index (χ4v) is 3.93. The van der Waals surface area contributed by atoms with E-state index in [1.54, 1.807) is 31.2 Å². The highest BCUT2D eigenvalue weighted by Crippen LogP contribution is 2.14. The second-order valence-electron chi connectivity index (χ2n) is 6.74. The molecule has 0 spiro atoms. The first-order valence-corrected chi connectivity index (χ1v) is 11.2. The van der Waals surface area contributed by atoms with E-state index in [4.69, 9.17) is 0 Å². The Morgan fingerprint density at radius 1 is 1.03 bits per heavy atom. The van der Waals surface area contributed by atoms with Crippen molar-refractivity contribution in [1.29, 1.82) is 0 Å². The molecule has 0 fully saturated rings. The number of fused-ring (bicyclic) bond motifs is 1. The lowest BCUT2D eigenvalue weighted by atomic mass is 10.1. The van der Waals surface area contributed by atoms with Crippen LogP contribution in [-0.4, -0.2) is 36.6 Å². The summed E-state index contributed by atoms with van der Waals surface area (Å²) in [6.07, 6.45) is -0.369. The molecular formula is C20H19F2N5O5S. The van der Waals surface area contributed by atoms with Gasteiger partial charge >= 0.3 is 0 Å². The van der Waals surface area contributed by atoms with E-state index in [9.17, 15) is 31.6 Å². The van der Waals surface area contributed by atoms with Crippen molar-refractivity contribution in [2.45, 2.75) is 24.8 Å². The predicted molar refractivity (Wildman–Crippen MR) is 113 cm³/mol. The quantitative estimate of drug-likeness (QED) is 0.429. The normalized spacial score (nSPS) is 11.4. The van der Waals surface area contributed by atoms with Gasteiger partial charge in [0.05, 0.1) is 10.3 Å². The number of aromatic nitrogens is 2. The third-order valence-corrected chi connectivity index (χ3v) is 6.00. The third kappa shape index (κ3) is 5.38. The van der Waals surface area contributed by atoms with Crippen molar-refractivity contribution in [2.24, 2.45) is 0 Å². The van der Waals surface area contributed by atoms with E-state index < -0.39 is 38.4 Å². The monoisotopic (exact) mass is 479 g/mol. The Labute approximate surface area is 186 Å². The fourth-order valence-electron chi connectivity index (χ4n) is 2.89. The zero-order valence-corrected chi connectivity index (χ0v) is 18.1. The van der Waals surface area contributed by atoms with Crippen molar-refractivity contribution in [1.82, 2.24) is 25.4 Å². The number of benzene rings is 2. The first-order chi connectivity index (χ1) is 15.6. The summed E-state index contributed by atoms with van der Waals surface area (Å²) in [6, 6.07) is 8.46. The van der Waals surface area contributed by atoms with E-state index in [2.05, 4.69) is 20.7 Å². The number of rotatable bonds is 7. The van der Waals surface area contributed by atoms with E-state index in [1.807, 2.05) is 0 Å². The Morgan fingerprint density at radius 2 is 1.73 bits per heavy atom. The van der Waals surface area contributed by atoms with Crippen LogP contribution in [-0.2, 0) is 21.4 Å². The molecule has 13 heteroatoms. The number of halogens is 2. The molecule has 3 rings (SSSR count). The van der Waals surface area contributed by atoms with Gasteiger partial charge in [0.25, 0.3) is 11.5 Å². The summed E-state index contributed by atoms with van der Waals surface area (Å²) in [4.78, 5) is 36.4. The Morgan fingerprint density at radius 3 is 2.39 bits per heavy atom. The molecule has 0 saturated heterocycles. The summed E-state index contributed by atoms with van der Waals surface area (Å²) in [5.74, 6) is -4.02. The highest BCUT2D eigenvalue weighted by molar-refractivity contribution is 7.89. The molecule has 1 heterocycles. The van der Waals surface area contributed by atoms with E-state index in [-0.39, 0.29) is 36.1 Å². The average molecular weight is 479 g/mol. The lowest BCUT2D eigenvalue weighted by Gasteiger charge is -2.11. The van der Waals surface area contributed by atoms with Crippen molar-refractivity contribution in [2.75, 3.05) is 6.54 Å². The lowest BCUT2D eigenvalue weighted by molar-refractivity contribution is -0.121. The predicted octanol–water partition coefficient (Wildman–Crippen LogP) is 0.824. The topological polar surface area (TPSA) is 139 Å². The maximum Gasteiger partial charge on any atom is 0.290 e. The van der Waals surface area contributed by atoms with Crippen LogP contribution in [0.1, 0.15) is 23.8 Å². The Hall–Kier alpha value is -3.71. The minimum absolute atomic E-state index is 0.0774. The van der Waals surface area contributed by atoms with Crippen molar-refractivity contribution < 1.29 is 26.8 Å². The van der Waals surface area contributed by atoms with Crippen molar-refractivity contribution in [3.8, 4) is 0 Å². The number of carbonyl (C=O) groups excluding carboxylic acids is 2. The molecule has 174 valence electrons. The summed E-state index contributed by atoms with van der Waals surface area (Å²) in [5.41, 5.74) is 3.86. The van der Waals surface area contributed by atoms with Crippen LogP contribution in [0.4, 0.5) is 8.78 Å². The highest BCUT2D eigenvalue weighted by Gasteiger charge is 2.18. The minimum atomic E-state index is -4.17. The average Bonchev–Trinajstić information content (AvgIpc) is 2.79. The summed E-state index contributed by atoms with van der Waals surface area (Å²) in [5, 5.41) is 4.62. The van der Waals surface area contributed by atoms with Crippen molar-refractivity contribution in [3.05, 3.63) is 70.1 Å². The molecule has 1 aromatic heterocycles. The molecule has 0 radical (unpaired) electrons. The van der Waals surface area contributed by atoms with E-state index in [0.29, 0.717) is 17.5 Å². The van der Waals surface area contributed by atoms with Crippen LogP contribution in [0.15, 0.2) is 52.2 Å². The van der Waals surface area contributed by atoms with Gasteiger partial charge in [0.2, 0.25) is 15.9 Å². The summed E-state index contributed by atoms with van der Waals surface area (Å²) in [7, 11) is -4.17. The molecule has 0 aliphatic heterocycles. The van der Waals surface area contributed by atoms with Gasteiger partial charge < -0.3 is 0 Å². The zero-order valence-electron chi connectivity index (χ0n) is 17.3. The molecule has 0 aliphatic rings. The molecule has 2 amide bonds. The molecule has 0 aliphatic carbocycles. The fraction of sp³-hybridized carbons (Fsp3) is 0.200. The maximum atomic E-state index is 13.2. The Bertz CT molecular complexity index is 1390. The molecule has 0 bridgehead atoms. The van der Waals surface area contributed by atoms with Gasteiger partial charge in [-0.2, -0.15) is 5.10 Å². The van der Waals surface area contributed by atoms with Gasteiger partial charge in [-0.1, -0.05) is 18.2 Å². The van der Waals surface area contributed by atoms with Gasteiger partial charge in [-0.15, -0.1) is 0 Å². The maximum absolute atomic E-state index is 13.2. The highest BCUT2D eigenvalue weighted by atomic mass is 32.2. The van der Waals surface area contributed by atoms with Gasteiger partial charge in [-0.05, 0) is 31.2 Å². The number of sulfonamides is 1. The van der Waals surface area contributed by atoms with Gasteiger partial charge in [0.1, 0.15) is 0 Å². The molecule has 33 heavy (non-hydrogen) atoms. The van der Waals surface area contributed by atoms with E-state index in [0.717, 1.165) is 10.7 Å².